The summed E-state index contributed by atoms with van der Waals surface area (Å²) < 4.78 is 10.2. The van der Waals surface area contributed by atoms with Crippen LogP contribution in [-0.2, 0) is 4.79 Å². The summed E-state index contributed by atoms with van der Waals surface area (Å²) in [5, 5.41) is 3.98. The number of hydrogen-bond donors (Lipinski definition) is 1. The Labute approximate surface area is 133 Å². The molecule has 0 unspecified atom stereocenters. The first kappa shape index (κ1) is 13.9. The molecule has 0 radical (unpaired) electrons. The molecule has 1 aromatic carbocycles. The molecule has 0 bridgehead atoms. The molecule has 5 nitrogen and oxygen atoms in total. The second-order valence-corrected chi connectivity index (χ2v) is 8.80. The van der Waals surface area contributed by atoms with Crippen LogP contribution < -0.4 is 14.9 Å². The average Bonchev–Trinajstić information content (AvgIpc) is 2.77. The van der Waals surface area contributed by atoms with Crippen molar-refractivity contribution in [1.82, 2.24) is 5.43 Å². The van der Waals surface area contributed by atoms with Crippen molar-refractivity contribution in [2.75, 3.05) is 6.79 Å². The highest BCUT2D eigenvalue weighted by molar-refractivity contribution is 9.25. The quantitative estimate of drug-likeness (QED) is 0.479. The standard InChI is InChI=1S/C13H12Br2N2O3/c1-12(6-13(12,14)15)11(18)17-16-5-8-2-3-9-10(4-8)20-7-19-9/h2-5H,6-7H2,1H3,(H,17,18)/b16-5-/t12-/m1/s1. The lowest BCUT2D eigenvalue weighted by atomic mass is 10.1. The second-order valence-electron chi connectivity index (χ2n) is 5.03. The number of nitrogens with one attached hydrogen (secondary N) is 1. The number of carbonyl (C=O) groups excluding carboxylic acids is 1. The van der Waals surface area contributed by atoms with Crippen molar-refractivity contribution >= 4 is 44.0 Å². The summed E-state index contributed by atoms with van der Waals surface area (Å²) in [7, 11) is 0. The summed E-state index contributed by atoms with van der Waals surface area (Å²) >= 11 is 6.91. The van der Waals surface area contributed by atoms with Crippen molar-refractivity contribution in [3.63, 3.8) is 0 Å². The summed E-state index contributed by atoms with van der Waals surface area (Å²) in [5.41, 5.74) is 2.92. The van der Waals surface area contributed by atoms with Crippen LogP contribution in [0.5, 0.6) is 11.5 Å². The Morgan fingerprint density at radius 1 is 1.40 bits per heavy atom. The minimum Gasteiger partial charge on any atom is -0.454 e. The zero-order valence-electron chi connectivity index (χ0n) is 10.7. The third-order valence-electron chi connectivity index (χ3n) is 3.54. The maximum Gasteiger partial charge on any atom is 0.248 e. The largest absolute Gasteiger partial charge is 0.454 e. The molecule has 1 N–H and O–H groups in total. The third-order valence-corrected chi connectivity index (χ3v) is 5.85. The molecule has 1 aliphatic heterocycles. The van der Waals surface area contributed by atoms with Gasteiger partial charge in [-0.3, -0.25) is 4.79 Å². The van der Waals surface area contributed by atoms with Gasteiger partial charge in [-0.1, -0.05) is 31.9 Å². The van der Waals surface area contributed by atoms with E-state index in [-0.39, 0.29) is 15.9 Å². The first-order chi connectivity index (χ1) is 9.42. The van der Waals surface area contributed by atoms with Gasteiger partial charge in [-0.15, -0.1) is 0 Å². The molecule has 1 amide bonds. The van der Waals surface area contributed by atoms with Crippen LogP contribution >= 0.6 is 31.9 Å². The van der Waals surface area contributed by atoms with Gasteiger partial charge >= 0.3 is 0 Å². The summed E-state index contributed by atoms with van der Waals surface area (Å²) in [4.78, 5) is 12.0. The van der Waals surface area contributed by atoms with Crippen LogP contribution in [0.1, 0.15) is 18.9 Å². The van der Waals surface area contributed by atoms with Crippen LogP contribution in [-0.4, -0.2) is 22.1 Å². The zero-order chi connectivity index (χ0) is 14.4. The van der Waals surface area contributed by atoms with Crippen molar-refractivity contribution in [2.24, 2.45) is 10.5 Å². The molecule has 0 aromatic heterocycles. The highest BCUT2D eigenvalue weighted by Gasteiger charge is 2.66. The van der Waals surface area contributed by atoms with E-state index in [1.54, 1.807) is 6.21 Å². The second kappa shape index (κ2) is 4.73. The van der Waals surface area contributed by atoms with Crippen LogP contribution in [0.25, 0.3) is 0 Å². The Bertz CT molecular complexity index is 603. The van der Waals surface area contributed by atoms with Crippen LogP contribution in [0.2, 0.25) is 0 Å². The third kappa shape index (κ3) is 2.33. The number of hydrogen-bond acceptors (Lipinski definition) is 4. The normalized spacial score (nSPS) is 25.8. The van der Waals surface area contributed by atoms with Crippen molar-refractivity contribution in [1.29, 1.82) is 0 Å². The van der Waals surface area contributed by atoms with Crippen molar-refractivity contribution < 1.29 is 14.3 Å². The molecule has 20 heavy (non-hydrogen) atoms. The van der Waals surface area contributed by atoms with Crippen molar-refractivity contribution in [2.45, 2.75) is 16.6 Å². The van der Waals surface area contributed by atoms with Gasteiger partial charge in [-0.05, 0) is 37.1 Å². The van der Waals surface area contributed by atoms with E-state index in [9.17, 15) is 4.79 Å². The molecular formula is C13H12Br2N2O3. The van der Waals surface area contributed by atoms with Gasteiger partial charge in [0.1, 0.15) is 0 Å². The number of fused-ring (bicyclic) bond motifs is 1. The smallest absolute Gasteiger partial charge is 0.248 e. The minimum atomic E-state index is -0.473. The van der Waals surface area contributed by atoms with E-state index in [2.05, 4.69) is 42.4 Å². The van der Waals surface area contributed by atoms with Gasteiger partial charge in [0, 0.05) is 0 Å². The molecule has 1 atom stereocenters. The van der Waals surface area contributed by atoms with E-state index in [0.717, 1.165) is 17.7 Å². The SMILES string of the molecule is C[C@]1(C(=O)N/N=C\c2ccc3c(c2)OCO3)CC1(Br)Br. The first-order valence-electron chi connectivity index (χ1n) is 6.03. The van der Waals surface area contributed by atoms with E-state index in [1.165, 1.54) is 0 Å². The monoisotopic (exact) mass is 402 g/mol. The average molecular weight is 404 g/mol. The van der Waals surface area contributed by atoms with Crippen molar-refractivity contribution in [3.05, 3.63) is 23.8 Å². The molecule has 106 valence electrons. The van der Waals surface area contributed by atoms with Crippen molar-refractivity contribution in [3.8, 4) is 11.5 Å². The molecule has 1 aliphatic carbocycles. The van der Waals surface area contributed by atoms with E-state index < -0.39 is 5.41 Å². The Morgan fingerprint density at radius 3 is 2.80 bits per heavy atom. The van der Waals surface area contributed by atoms with Gasteiger partial charge < -0.3 is 9.47 Å². The molecule has 1 saturated carbocycles. The molecule has 3 rings (SSSR count). The van der Waals surface area contributed by atoms with E-state index in [4.69, 9.17) is 9.47 Å². The highest BCUT2D eigenvalue weighted by Crippen LogP contribution is 2.66. The number of nitrogens with zero attached hydrogens (tertiary/aromatic N) is 1. The summed E-state index contributed by atoms with van der Waals surface area (Å²) in [5.74, 6) is 1.29. The summed E-state index contributed by atoms with van der Waals surface area (Å²) in [6, 6.07) is 5.48. The van der Waals surface area contributed by atoms with Gasteiger partial charge in [0.25, 0.3) is 0 Å². The number of benzene rings is 1. The molecule has 1 aromatic rings. The number of carbonyl (C=O) groups is 1. The van der Waals surface area contributed by atoms with Gasteiger partial charge in [0.2, 0.25) is 12.7 Å². The highest BCUT2D eigenvalue weighted by atomic mass is 79.9. The Morgan fingerprint density at radius 2 is 2.10 bits per heavy atom. The maximum absolute atomic E-state index is 12.0. The van der Waals surface area contributed by atoms with E-state index in [0.29, 0.717) is 5.75 Å². The fourth-order valence-corrected chi connectivity index (χ4v) is 3.41. The van der Waals surface area contributed by atoms with Crippen LogP contribution in [0.15, 0.2) is 23.3 Å². The van der Waals surface area contributed by atoms with E-state index >= 15 is 0 Å². The van der Waals surface area contributed by atoms with Gasteiger partial charge in [0.15, 0.2) is 11.5 Å². The molecule has 7 heteroatoms. The van der Waals surface area contributed by atoms with Gasteiger partial charge in [-0.25, -0.2) is 5.43 Å². The topological polar surface area (TPSA) is 59.9 Å². The fourth-order valence-electron chi connectivity index (χ4n) is 1.93. The summed E-state index contributed by atoms with van der Waals surface area (Å²) in [6.45, 7) is 2.12. The predicted octanol–water partition coefficient (Wildman–Crippen LogP) is 2.76. The fraction of sp³-hybridized carbons (Fsp3) is 0.385. The lowest BCUT2D eigenvalue weighted by Gasteiger charge is -2.09. The first-order valence-corrected chi connectivity index (χ1v) is 7.62. The minimum absolute atomic E-state index is 0.122. The number of hydrazone groups is 1. The Kier molecular flexibility index (Phi) is 3.29. The number of amides is 1. The van der Waals surface area contributed by atoms with Crippen LogP contribution in [0.4, 0.5) is 0 Å². The predicted molar refractivity (Wildman–Crippen MR) is 81.6 cm³/mol. The lowest BCUT2D eigenvalue weighted by Crippen LogP contribution is -2.29. The number of alkyl halides is 2. The molecule has 0 saturated heterocycles. The molecular weight excluding hydrogens is 392 g/mol. The lowest BCUT2D eigenvalue weighted by molar-refractivity contribution is -0.125. The van der Waals surface area contributed by atoms with Crippen LogP contribution in [0.3, 0.4) is 0 Å². The van der Waals surface area contributed by atoms with E-state index in [1.807, 2.05) is 25.1 Å². The molecule has 1 heterocycles. The molecule has 1 fully saturated rings. The summed E-state index contributed by atoms with van der Waals surface area (Å²) in [6.07, 6.45) is 2.31. The number of rotatable bonds is 3. The van der Waals surface area contributed by atoms with Gasteiger partial charge in [0.05, 0.1) is 14.9 Å². The maximum atomic E-state index is 12.0. The Balaban J connectivity index is 1.63. The zero-order valence-corrected chi connectivity index (χ0v) is 13.8. The Hall–Kier alpha value is -1.08. The van der Waals surface area contributed by atoms with Gasteiger partial charge in [-0.2, -0.15) is 5.10 Å². The molecule has 0 spiro atoms. The molecule has 2 aliphatic rings. The van der Waals surface area contributed by atoms with Crippen LogP contribution in [0, 0.1) is 5.41 Å². The number of ether oxygens (including phenoxy) is 2. The number of halogens is 2.